The van der Waals surface area contributed by atoms with Crippen molar-refractivity contribution >= 4 is 17.9 Å². The van der Waals surface area contributed by atoms with Crippen LogP contribution in [0.2, 0.25) is 0 Å². The Morgan fingerprint density at radius 1 is 1.17 bits per heavy atom. The Morgan fingerprint density at radius 3 is 2.17 bits per heavy atom. The molecule has 0 bridgehead atoms. The summed E-state index contributed by atoms with van der Waals surface area (Å²) in [4.78, 5) is 34.8. The van der Waals surface area contributed by atoms with Gasteiger partial charge in [-0.05, 0) is 0 Å². The van der Waals surface area contributed by atoms with Gasteiger partial charge in [-0.25, -0.2) is 9.59 Å². The second-order valence-corrected chi connectivity index (χ2v) is 1.91. The quantitative estimate of drug-likeness (QED) is 0.445. The van der Waals surface area contributed by atoms with Gasteiger partial charge in [0.15, 0.2) is 0 Å². The van der Waals surface area contributed by atoms with Gasteiger partial charge in [0.05, 0.1) is 6.42 Å². The van der Waals surface area contributed by atoms with Crippen LogP contribution < -0.4 is 16.9 Å². The number of amides is 3. The molecule has 0 radical (unpaired) electrons. The monoisotopic (exact) mass is 175 g/mol. The van der Waals surface area contributed by atoms with E-state index in [1.54, 1.807) is 5.48 Å². The smallest absolute Gasteiger partial charge is 0.345 e. The highest BCUT2D eigenvalue weighted by molar-refractivity contribution is 5.80. The summed E-state index contributed by atoms with van der Waals surface area (Å²) in [6.45, 7) is 0. The minimum atomic E-state index is -0.984. The van der Waals surface area contributed by atoms with Gasteiger partial charge < -0.3 is 16.3 Å². The molecule has 0 atom stereocenters. The molecule has 0 rings (SSSR count). The molecule has 0 aromatic rings. The number of hydrogen-bond acceptors (Lipinski definition) is 4. The van der Waals surface area contributed by atoms with Crippen molar-refractivity contribution in [1.82, 2.24) is 5.48 Å². The molecule has 68 valence electrons. The molecule has 7 nitrogen and oxygen atoms in total. The molecule has 5 N–H and O–H groups in total. The van der Waals surface area contributed by atoms with Gasteiger partial charge in [-0.15, -0.1) is 0 Å². The Balaban J connectivity index is 3.47. The highest BCUT2D eigenvalue weighted by Crippen LogP contribution is 1.89. The fraction of sp³-hybridized carbons (Fsp3) is 0.400. The van der Waals surface area contributed by atoms with Gasteiger partial charge in [0.2, 0.25) is 5.91 Å². The lowest BCUT2D eigenvalue weighted by Crippen LogP contribution is -2.32. The van der Waals surface area contributed by atoms with Crippen LogP contribution in [0.4, 0.5) is 4.79 Å². The number of nitrogens with two attached hydrogens (primary N) is 2. The van der Waals surface area contributed by atoms with Crippen molar-refractivity contribution < 1.29 is 19.2 Å². The molecule has 7 heteroatoms. The summed E-state index contributed by atoms with van der Waals surface area (Å²) in [5, 5.41) is 0. The number of nitrogens with one attached hydrogen (secondary N) is 1. The Labute approximate surface area is 68.0 Å². The largest absolute Gasteiger partial charge is 0.370 e. The zero-order valence-corrected chi connectivity index (χ0v) is 6.20. The van der Waals surface area contributed by atoms with Crippen molar-refractivity contribution in [2.45, 2.75) is 12.8 Å². The molecule has 0 fully saturated rings. The average molecular weight is 175 g/mol. The van der Waals surface area contributed by atoms with Crippen molar-refractivity contribution in [3.8, 4) is 0 Å². The Kier molecular flexibility index (Phi) is 4.20. The summed E-state index contributed by atoms with van der Waals surface area (Å²) < 4.78 is 0. The maximum atomic E-state index is 10.6. The van der Waals surface area contributed by atoms with Crippen molar-refractivity contribution in [2.75, 3.05) is 0 Å². The number of rotatable bonds is 3. The molecule has 0 saturated carbocycles. The first kappa shape index (κ1) is 10.2. The lowest BCUT2D eigenvalue weighted by atomic mass is 10.3. The number of primary amides is 2. The molecule has 0 saturated heterocycles. The van der Waals surface area contributed by atoms with Crippen LogP contribution in [-0.2, 0) is 14.4 Å². The van der Waals surface area contributed by atoms with E-state index in [-0.39, 0.29) is 12.8 Å². The lowest BCUT2D eigenvalue weighted by Gasteiger charge is -2.00. The van der Waals surface area contributed by atoms with Crippen LogP contribution in [0.15, 0.2) is 0 Å². The molecule has 0 aliphatic rings. The lowest BCUT2D eigenvalue weighted by molar-refractivity contribution is -0.149. The van der Waals surface area contributed by atoms with E-state index in [0.717, 1.165) is 0 Å². The third-order valence-electron chi connectivity index (χ3n) is 0.841. The highest BCUT2D eigenvalue weighted by atomic mass is 16.7. The van der Waals surface area contributed by atoms with Crippen LogP contribution in [0, 0.1) is 0 Å². The van der Waals surface area contributed by atoms with Crippen LogP contribution in [0.5, 0.6) is 0 Å². The van der Waals surface area contributed by atoms with E-state index in [1.807, 2.05) is 0 Å². The Bertz CT molecular complexity index is 183. The molecule has 0 unspecified atom stereocenters. The summed E-state index contributed by atoms with van der Waals surface area (Å²) in [5.41, 5.74) is 10.9. The first-order valence-corrected chi connectivity index (χ1v) is 3.06. The maximum Gasteiger partial charge on any atom is 0.345 e. The molecule has 0 heterocycles. The predicted molar refractivity (Wildman–Crippen MR) is 37.2 cm³/mol. The number of hydrogen-bond donors (Lipinski definition) is 3. The van der Waals surface area contributed by atoms with Gasteiger partial charge in [-0.1, -0.05) is 0 Å². The minimum Gasteiger partial charge on any atom is -0.370 e. The minimum absolute atomic E-state index is 0.126. The van der Waals surface area contributed by atoms with Crippen molar-refractivity contribution in [3.05, 3.63) is 0 Å². The molecular formula is C5H9N3O4. The normalized spacial score (nSPS) is 8.67. The van der Waals surface area contributed by atoms with E-state index in [2.05, 4.69) is 10.6 Å². The summed E-state index contributed by atoms with van der Waals surface area (Å²) in [6.07, 6.45) is -0.311. The topological polar surface area (TPSA) is 125 Å². The van der Waals surface area contributed by atoms with E-state index >= 15 is 0 Å². The summed E-state index contributed by atoms with van der Waals surface area (Å²) in [5.74, 6) is -1.39. The highest BCUT2D eigenvalue weighted by Gasteiger charge is 2.05. The van der Waals surface area contributed by atoms with Crippen molar-refractivity contribution in [2.24, 2.45) is 11.5 Å². The fourth-order valence-electron chi connectivity index (χ4n) is 0.384. The molecule has 0 aliphatic carbocycles. The van der Waals surface area contributed by atoms with Crippen LogP contribution in [0.25, 0.3) is 0 Å². The number of carbonyl (C=O) groups excluding carboxylic acids is 3. The van der Waals surface area contributed by atoms with Crippen LogP contribution >= 0.6 is 0 Å². The van der Waals surface area contributed by atoms with Crippen LogP contribution in [0.3, 0.4) is 0 Å². The van der Waals surface area contributed by atoms with Crippen LogP contribution in [0.1, 0.15) is 12.8 Å². The zero-order chi connectivity index (χ0) is 9.56. The molecule has 12 heavy (non-hydrogen) atoms. The molecule has 0 aliphatic heterocycles. The molecule has 3 amide bonds. The van der Waals surface area contributed by atoms with Gasteiger partial charge in [0.1, 0.15) is 0 Å². The summed E-state index contributed by atoms with van der Waals surface area (Å²) >= 11 is 0. The fourth-order valence-corrected chi connectivity index (χ4v) is 0.384. The SMILES string of the molecule is NC(=O)CCC(=O)ONC(N)=O. The van der Waals surface area contributed by atoms with Gasteiger partial charge in [0.25, 0.3) is 0 Å². The summed E-state index contributed by atoms with van der Waals surface area (Å²) in [6, 6.07) is -0.984. The molecule has 0 aromatic carbocycles. The van der Waals surface area contributed by atoms with Crippen molar-refractivity contribution in [1.29, 1.82) is 0 Å². The van der Waals surface area contributed by atoms with Crippen molar-refractivity contribution in [3.63, 3.8) is 0 Å². The third kappa shape index (κ3) is 6.33. The molecule has 0 aromatic heterocycles. The molecule has 0 spiro atoms. The maximum absolute atomic E-state index is 10.6. The second kappa shape index (κ2) is 4.94. The first-order chi connectivity index (χ1) is 5.52. The number of urea groups is 1. The second-order valence-electron chi connectivity index (χ2n) is 1.91. The third-order valence-corrected chi connectivity index (χ3v) is 0.841. The van der Waals surface area contributed by atoms with E-state index in [9.17, 15) is 14.4 Å². The number of carbonyl (C=O) groups is 3. The van der Waals surface area contributed by atoms with Gasteiger partial charge in [-0.3, -0.25) is 4.79 Å². The average Bonchev–Trinajstić information content (AvgIpc) is 1.96. The zero-order valence-electron chi connectivity index (χ0n) is 6.20. The van der Waals surface area contributed by atoms with E-state index < -0.39 is 17.9 Å². The summed E-state index contributed by atoms with van der Waals surface area (Å²) in [7, 11) is 0. The number of hydroxylamine groups is 1. The van der Waals surface area contributed by atoms with Gasteiger partial charge in [-0.2, -0.15) is 5.48 Å². The van der Waals surface area contributed by atoms with E-state index in [4.69, 9.17) is 5.73 Å². The Morgan fingerprint density at radius 2 is 1.75 bits per heavy atom. The van der Waals surface area contributed by atoms with Gasteiger partial charge >= 0.3 is 12.0 Å². The predicted octanol–water partition coefficient (Wildman–Crippen LogP) is -1.62. The van der Waals surface area contributed by atoms with Gasteiger partial charge in [0, 0.05) is 6.42 Å². The van der Waals surface area contributed by atoms with E-state index in [1.165, 1.54) is 0 Å². The molecular weight excluding hydrogens is 166 g/mol. The van der Waals surface area contributed by atoms with Crippen LogP contribution in [-0.4, -0.2) is 17.9 Å². The Hall–Kier alpha value is -1.79. The standard InChI is InChI=1S/C5H9N3O4/c6-3(9)1-2-4(10)12-8-5(7)11/h1-2H2,(H2,6,9)(H3,7,8,11). The first-order valence-electron chi connectivity index (χ1n) is 3.06. The van der Waals surface area contributed by atoms with E-state index in [0.29, 0.717) is 0 Å².